The van der Waals surface area contributed by atoms with Gasteiger partial charge in [-0.3, -0.25) is 4.90 Å². The van der Waals surface area contributed by atoms with E-state index >= 15 is 0 Å². The summed E-state index contributed by atoms with van der Waals surface area (Å²) in [5.41, 5.74) is 4.35. The van der Waals surface area contributed by atoms with Gasteiger partial charge in [-0.1, -0.05) is 24.3 Å². The molecule has 1 atom stereocenters. The van der Waals surface area contributed by atoms with E-state index in [-0.39, 0.29) is 0 Å². The van der Waals surface area contributed by atoms with Crippen LogP contribution in [0.25, 0.3) is 11.3 Å². The van der Waals surface area contributed by atoms with Crippen LogP contribution < -0.4 is 0 Å². The lowest BCUT2D eigenvalue weighted by Crippen LogP contribution is -2.23. The molecule has 0 radical (unpaired) electrons. The van der Waals surface area contributed by atoms with E-state index in [1.165, 1.54) is 31.5 Å². The first-order chi connectivity index (χ1) is 10.8. The van der Waals surface area contributed by atoms with Gasteiger partial charge in [-0.2, -0.15) is 0 Å². The first-order valence-electron chi connectivity index (χ1n) is 7.92. The molecule has 4 heteroatoms. The predicted octanol–water partition coefficient (Wildman–Crippen LogP) is 3.45. The molecule has 1 aliphatic heterocycles. The van der Waals surface area contributed by atoms with E-state index in [2.05, 4.69) is 46.1 Å². The lowest BCUT2D eigenvalue weighted by molar-refractivity contribution is 0.181. The fraction of sp³-hybridized carbons (Fsp3) is 0.444. The van der Waals surface area contributed by atoms with Gasteiger partial charge in [0.25, 0.3) is 0 Å². The number of benzene rings is 1. The molecule has 2 heterocycles. The summed E-state index contributed by atoms with van der Waals surface area (Å²) < 4.78 is 5.13. The van der Waals surface area contributed by atoms with Crippen LogP contribution in [-0.2, 0) is 11.3 Å². The van der Waals surface area contributed by atoms with Crippen molar-refractivity contribution in [3.63, 3.8) is 0 Å². The lowest BCUT2D eigenvalue weighted by atomic mass is 10.0. The number of hydrogen-bond donors (Lipinski definition) is 0. The van der Waals surface area contributed by atoms with E-state index in [1.807, 2.05) is 6.07 Å². The van der Waals surface area contributed by atoms with E-state index in [0.717, 1.165) is 17.0 Å². The normalized spacial score (nSPS) is 16.8. The van der Waals surface area contributed by atoms with Gasteiger partial charge in [0.1, 0.15) is 6.33 Å². The lowest BCUT2D eigenvalue weighted by Gasteiger charge is -2.24. The maximum Gasteiger partial charge on any atom is 0.116 e. The summed E-state index contributed by atoms with van der Waals surface area (Å²) >= 11 is 0. The van der Waals surface area contributed by atoms with Crippen molar-refractivity contribution >= 4 is 0 Å². The van der Waals surface area contributed by atoms with Crippen LogP contribution in [0.15, 0.2) is 36.7 Å². The third-order valence-corrected chi connectivity index (χ3v) is 4.39. The summed E-state index contributed by atoms with van der Waals surface area (Å²) in [4.78, 5) is 11.1. The van der Waals surface area contributed by atoms with Crippen LogP contribution in [0.3, 0.4) is 0 Å². The van der Waals surface area contributed by atoms with Crippen LogP contribution in [0.1, 0.15) is 37.1 Å². The molecule has 1 aliphatic rings. The number of rotatable bonds is 5. The molecular weight excluding hydrogens is 274 g/mol. The standard InChI is InChI=1S/C18H23N3O/c1-14(21-9-3-4-10-21)15-5-7-16(8-6-15)18-11-17(12-22-2)19-13-20-18/h5-8,11,13-14H,3-4,9-10,12H2,1-2H3/t14-/m1/s1. The molecule has 0 spiro atoms. The Bertz CT molecular complexity index is 606. The quantitative estimate of drug-likeness (QED) is 0.847. The number of aromatic nitrogens is 2. The van der Waals surface area contributed by atoms with Gasteiger partial charge in [0.2, 0.25) is 0 Å². The average Bonchev–Trinajstić information content (AvgIpc) is 3.09. The third kappa shape index (κ3) is 3.34. The highest BCUT2D eigenvalue weighted by molar-refractivity contribution is 5.59. The number of nitrogens with zero attached hydrogens (tertiary/aromatic N) is 3. The van der Waals surface area contributed by atoms with E-state index in [4.69, 9.17) is 4.74 Å². The Hall–Kier alpha value is -1.78. The largest absolute Gasteiger partial charge is 0.378 e. The number of hydrogen-bond acceptors (Lipinski definition) is 4. The number of ether oxygens (including phenoxy) is 1. The topological polar surface area (TPSA) is 38.2 Å². The molecule has 3 rings (SSSR count). The van der Waals surface area contributed by atoms with Gasteiger partial charge in [-0.05, 0) is 44.5 Å². The Kier molecular flexibility index (Phi) is 4.80. The van der Waals surface area contributed by atoms with E-state index in [9.17, 15) is 0 Å². The van der Waals surface area contributed by atoms with Crippen molar-refractivity contribution in [2.24, 2.45) is 0 Å². The maximum atomic E-state index is 5.13. The summed E-state index contributed by atoms with van der Waals surface area (Å²) in [5, 5.41) is 0. The molecular formula is C18H23N3O. The fourth-order valence-electron chi connectivity index (χ4n) is 3.05. The van der Waals surface area contributed by atoms with E-state index in [1.54, 1.807) is 13.4 Å². The second kappa shape index (κ2) is 6.99. The Labute approximate surface area is 132 Å². The second-order valence-electron chi connectivity index (χ2n) is 5.87. The zero-order valence-electron chi connectivity index (χ0n) is 13.3. The van der Waals surface area contributed by atoms with Gasteiger partial charge in [0, 0.05) is 18.7 Å². The Morgan fingerprint density at radius 3 is 2.55 bits per heavy atom. The summed E-state index contributed by atoms with van der Waals surface area (Å²) in [6.07, 6.45) is 4.25. The van der Waals surface area contributed by atoms with Gasteiger partial charge < -0.3 is 4.74 Å². The highest BCUT2D eigenvalue weighted by Crippen LogP contribution is 2.26. The fourth-order valence-corrected chi connectivity index (χ4v) is 3.05. The SMILES string of the molecule is COCc1cc(-c2ccc([C@@H](C)N3CCCC3)cc2)ncn1. The minimum atomic E-state index is 0.492. The van der Waals surface area contributed by atoms with Gasteiger partial charge in [-0.15, -0.1) is 0 Å². The number of methoxy groups -OCH3 is 1. The summed E-state index contributed by atoms with van der Waals surface area (Å²) in [5.74, 6) is 0. The molecule has 2 aromatic rings. The molecule has 1 fully saturated rings. The van der Waals surface area contributed by atoms with Crippen molar-refractivity contribution in [3.05, 3.63) is 47.9 Å². The summed E-state index contributed by atoms with van der Waals surface area (Å²) in [6, 6.07) is 11.2. The van der Waals surface area contributed by atoms with Crippen LogP contribution >= 0.6 is 0 Å². The van der Waals surface area contributed by atoms with Crippen molar-refractivity contribution in [1.82, 2.24) is 14.9 Å². The first kappa shape index (κ1) is 15.1. The molecule has 1 aromatic heterocycles. The molecule has 0 unspecified atom stereocenters. The van der Waals surface area contributed by atoms with Crippen molar-refractivity contribution < 1.29 is 4.74 Å². The van der Waals surface area contributed by atoms with Crippen LogP contribution in [0.5, 0.6) is 0 Å². The minimum Gasteiger partial charge on any atom is -0.378 e. The highest BCUT2D eigenvalue weighted by Gasteiger charge is 2.19. The van der Waals surface area contributed by atoms with Gasteiger partial charge >= 0.3 is 0 Å². The van der Waals surface area contributed by atoms with Crippen LogP contribution in [0.2, 0.25) is 0 Å². The second-order valence-corrected chi connectivity index (χ2v) is 5.87. The van der Waals surface area contributed by atoms with E-state index < -0.39 is 0 Å². The molecule has 0 N–H and O–H groups in total. The molecule has 0 bridgehead atoms. The molecule has 0 amide bonds. The molecule has 116 valence electrons. The zero-order valence-corrected chi connectivity index (χ0v) is 13.3. The highest BCUT2D eigenvalue weighted by atomic mass is 16.5. The molecule has 0 aliphatic carbocycles. The zero-order chi connectivity index (χ0) is 15.4. The van der Waals surface area contributed by atoms with Crippen LogP contribution in [0, 0.1) is 0 Å². The predicted molar refractivity (Wildman–Crippen MR) is 87.4 cm³/mol. The van der Waals surface area contributed by atoms with Crippen molar-refractivity contribution in [1.29, 1.82) is 0 Å². The molecule has 1 saturated heterocycles. The number of likely N-dealkylation sites (tertiary alicyclic amines) is 1. The first-order valence-corrected chi connectivity index (χ1v) is 7.92. The van der Waals surface area contributed by atoms with Crippen LogP contribution in [0.4, 0.5) is 0 Å². The monoisotopic (exact) mass is 297 g/mol. The average molecular weight is 297 g/mol. The van der Waals surface area contributed by atoms with E-state index in [0.29, 0.717) is 12.6 Å². The summed E-state index contributed by atoms with van der Waals surface area (Å²) in [7, 11) is 1.68. The molecule has 1 aromatic carbocycles. The van der Waals surface area contributed by atoms with Gasteiger partial charge in [0.05, 0.1) is 18.0 Å². The Balaban J connectivity index is 1.77. The Morgan fingerprint density at radius 2 is 1.86 bits per heavy atom. The third-order valence-electron chi connectivity index (χ3n) is 4.39. The van der Waals surface area contributed by atoms with Crippen molar-refractivity contribution in [2.75, 3.05) is 20.2 Å². The molecule has 0 saturated carbocycles. The van der Waals surface area contributed by atoms with Gasteiger partial charge in [0.15, 0.2) is 0 Å². The molecule has 4 nitrogen and oxygen atoms in total. The van der Waals surface area contributed by atoms with Crippen LogP contribution in [-0.4, -0.2) is 35.1 Å². The smallest absolute Gasteiger partial charge is 0.116 e. The maximum absolute atomic E-state index is 5.13. The van der Waals surface area contributed by atoms with Crippen molar-refractivity contribution in [2.45, 2.75) is 32.4 Å². The Morgan fingerprint density at radius 1 is 1.14 bits per heavy atom. The summed E-state index contributed by atoms with van der Waals surface area (Å²) in [6.45, 7) is 5.24. The van der Waals surface area contributed by atoms with Gasteiger partial charge in [-0.25, -0.2) is 9.97 Å². The van der Waals surface area contributed by atoms with Crippen molar-refractivity contribution in [3.8, 4) is 11.3 Å². The minimum absolute atomic E-state index is 0.492. The molecule has 22 heavy (non-hydrogen) atoms.